The number of hydrogen-bond acceptors (Lipinski definition) is 6. The molecule has 0 fully saturated rings. The normalized spacial score (nSPS) is 11.1. The first-order valence-electron chi connectivity index (χ1n) is 6.07. The molecule has 2 rings (SSSR count). The third-order valence-corrected chi connectivity index (χ3v) is 3.88. The van der Waals surface area contributed by atoms with Crippen LogP contribution in [0, 0.1) is 0 Å². The minimum Gasteiger partial charge on any atom is -0.300 e. The van der Waals surface area contributed by atoms with Crippen molar-refractivity contribution in [1.82, 2.24) is 10.2 Å². The fourth-order valence-electron chi connectivity index (χ4n) is 1.56. The highest BCUT2D eigenvalue weighted by Crippen LogP contribution is 2.20. The molecule has 0 saturated heterocycles. The molecule has 1 heterocycles. The van der Waals surface area contributed by atoms with Crippen LogP contribution < -0.4 is 10.0 Å². The number of hydrogen-bond donors (Lipinski definition) is 2. The second-order valence-corrected chi connectivity index (χ2v) is 7.05. The van der Waals surface area contributed by atoms with Crippen LogP contribution in [0.25, 0.3) is 0 Å². The molecule has 0 spiro atoms. The van der Waals surface area contributed by atoms with E-state index < -0.39 is 10.0 Å². The van der Waals surface area contributed by atoms with Crippen molar-refractivity contribution in [2.24, 2.45) is 0 Å². The van der Waals surface area contributed by atoms with Gasteiger partial charge < -0.3 is 5.32 Å². The van der Waals surface area contributed by atoms with E-state index in [0.717, 1.165) is 23.2 Å². The summed E-state index contributed by atoms with van der Waals surface area (Å²) < 4.78 is 24.3. The molecule has 1 amide bonds. The Morgan fingerprint density at radius 3 is 2.52 bits per heavy atom. The maximum atomic E-state index is 11.8. The van der Waals surface area contributed by atoms with Crippen molar-refractivity contribution in [3.63, 3.8) is 0 Å². The van der Waals surface area contributed by atoms with Crippen LogP contribution in [0.15, 0.2) is 30.3 Å². The van der Waals surface area contributed by atoms with Crippen LogP contribution in [0.3, 0.4) is 0 Å². The molecule has 0 atom stereocenters. The zero-order valence-electron chi connectivity index (χ0n) is 11.2. The number of rotatable bonds is 6. The van der Waals surface area contributed by atoms with Crippen molar-refractivity contribution in [1.29, 1.82) is 0 Å². The number of nitrogens with one attached hydrogen (secondary N) is 2. The third-order valence-electron chi connectivity index (χ3n) is 2.43. The molecule has 0 aliphatic rings. The second kappa shape index (κ2) is 6.64. The van der Waals surface area contributed by atoms with Gasteiger partial charge in [-0.2, -0.15) is 0 Å². The Hall–Kier alpha value is -2.00. The lowest BCUT2D eigenvalue weighted by Gasteiger charge is -2.01. The number of sulfonamides is 1. The highest BCUT2D eigenvalue weighted by Gasteiger charge is 2.10. The lowest BCUT2D eigenvalue weighted by atomic mass is 10.1. The monoisotopic (exact) mass is 326 g/mol. The van der Waals surface area contributed by atoms with Gasteiger partial charge in [0.1, 0.15) is 0 Å². The highest BCUT2D eigenvalue weighted by atomic mass is 32.2. The summed E-state index contributed by atoms with van der Waals surface area (Å²) in [5.74, 6) is -0.194. The van der Waals surface area contributed by atoms with Crippen molar-refractivity contribution >= 4 is 37.5 Å². The van der Waals surface area contributed by atoms with Gasteiger partial charge in [0.2, 0.25) is 26.2 Å². The van der Waals surface area contributed by atoms with Crippen LogP contribution in [-0.4, -0.2) is 30.8 Å². The number of anilines is 2. The molecule has 0 unspecified atom stereocenters. The molecule has 0 aliphatic heterocycles. The molecule has 112 valence electrons. The number of amides is 1. The van der Waals surface area contributed by atoms with Gasteiger partial charge in [-0.3, -0.25) is 9.52 Å². The topological polar surface area (TPSA) is 101 Å². The Balaban J connectivity index is 1.85. The fourth-order valence-corrected chi connectivity index (χ4v) is 3.05. The van der Waals surface area contributed by atoms with Crippen LogP contribution in [0.1, 0.15) is 12.0 Å². The third kappa shape index (κ3) is 5.48. The molecule has 2 aromatic rings. The summed E-state index contributed by atoms with van der Waals surface area (Å²) in [4.78, 5) is 11.8. The summed E-state index contributed by atoms with van der Waals surface area (Å²) in [6.45, 7) is 0. The Labute approximate surface area is 126 Å². The zero-order chi connectivity index (χ0) is 15.3. The first kappa shape index (κ1) is 15.4. The predicted molar refractivity (Wildman–Crippen MR) is 81.8 cm³/mol. The lowest BCUT2D eigenvalue weighted by Crippen LogP contribution is -2.12. The molecule has 0 radical (unpaired) electrons. The molecular weight excluding hydrogens is 312 g/mol. The van der Waals surface area contributed by atoms with E-state index in [1.807, 2.05) is 30.3 Å². The van der Waals surface area contributed by atoms with E-state index in [2.05, 4.69) is 20.2 Å². The summed E-state index contributed by atoms with van der Waals surface area (Å²) in [6, 6.07) is 9.65. The van der Waals surface area contributed by atoms with Crippen molar-refractivity contribution in [3.05, 3.63) is 35.9 Å². The van der Waals surface area contributed by atoms with Crippen molar-refractivity contribution in [3.8, 4) is 0 Å². The predicted octanol–water partition coefficient (Wildman–Crippen LogP) is 1.48. The SMILES string of the molecule is CS(=O)(=O)Nc1nnc(NC(=O)CCc2ccccc2)s1. The summed E-state index contributed by atoms with van der Waals surface area (Å²) >= 11 is 0.965. The lowest BCUT2D eigenvalue weighted by molar-refractivity contribution is -0.116. The van der Waals surface area contributed by atoms with Crippen molar-refractivity contribution in [2.75, 3.05) is 16.3 Å². The maximum Gasteiger partial charge on any atom is 0.231 e. The average molecular weight is 326 g/mol. The molecule has 21 heavy (non-hydrogen) atoms. The minimum atomic E-state index is -3.39. The number of carbonyl (C=O) groups is 1. The largest absolute Gasteiger partial charge is 0.300 e. The number of aromatic nitrogens is 2. The molecular formula is C12H14N4O3S2. The fraction of sp³-hybridized carbons (Fsp3) is 0.250. The Morgan fingerprint density at radius 2 is 1.86 bits per heavy atom. The Bertz CT molecular complexity index is 713. The van der Waals surface area contributed by atoms with Gasteiger partial charge in [0, 0.05) is 6.42 Å². The minimum absolute atomic E-state index is 0.121. The van der Waals surface area contributed by atoms with E-state index in [0.29, 0.717) is 12.8 Å². The van der Waals surface area contributed by atoms with E-state index in [1.54, 1.807) is 0 Å². The average Bonchev–Trinajstić information content (AvgIpc) is 2.82. The maximum absolute atomic E-state index is 11.8. The van der Waals surface area contributed by atoms with Gasteiger partial charge in [-0.25, -0.2) is 8.42 Å². The molecule has 1 aromatic carbocycles. The number of benzene rings is 1. The van der Waals surface area contributed by atoms with Gasteiger partial charge in [0.15, 0.2) is 0 Å². The molecule has 2 N–H and O–H groups in total. The van der Waals surface area contributed by atoms with E-state index in [-0.39, 0.29) is 16.2 Å². The van der Waals surface area contributed by atoms with E-state index in [1.165, 1.54) is 0 Å². The molecule has 0 aliphatic carbocycles. The molecule has 9 heteroatoms. The van der Waals surface area contributed by atoms with Gasteiger partial charge >= 0.3 is 0 Å². The molecule has 1 aromatic heterocycles. The van der Waals surface area contributed by atoms with Crippen LogP contribution >= 0.6 is 11.3 Å². The van der Waals surface area contributed by atoms with Gasteiger partial charge in [0.25, 0.3) is 0 Å². The van der Waals surface area contributed by atoms with Crippen LogP contribution in [0.5, 0.6) is 0 Å². The summed E-state index contributed by atoms with van der Waals surface area (Å²) in [5.41, 5.74) is 1.07. The van der Waals surface area contributed by atoms with E-state index >= 15 is 0 Å². The van der Waals surface area contributed by atoms with Gasteiger partial charge in [-0.15, -0.1) is 10.2 Å². The van der Waals surface area contributed by atoms with Crippen LogP contribution in [-0.2, 0) is 21.2 Å². The summed E-state index contributed by atoms with van der Waals surface area (Å²) in [6.07, 6.45) is 1.96. The first-order chi connectivity index (χ1) is 9.92. The van der Waals surface area contributed by atoms with Gasteiger partial charge in [0.05, 0.1) is 6.26 Å². The van der Waals surface area contributed by atoms with Gasteiger partial charge in [-0.05, 0) is 12.0 Å². The first-order valence-corrected chi connectivity index (χ1v) is 8.78. The number of carbonyl (C=O) groups excluding carboxylic acids is 1. The Morgan fingerprint density at radius 1 is 1.19 bits per heavy atom. The van der Waals surface area contributed by atoms with Crippen molar-refractivity contribution in [2.45, 2.75) is 12.8 Å². The van der Waals surface area contributed by atoms with Crippen LogP contribution in [0.4, 0.5) is 10.3 Å². The number of aryl methyl sites for hydroxylation is 1. The van der Waals surface area contributed by atoms with Crippen molar-refractivity contribution < 1.29 is 13.2 Å². The molecule has 0 bridgehead atoms. The smallest absolute Gasteiger partial charge is 0.231 e. The van der Waals surface area contributed by atoms with E-state index in [4.69, 9.17) is 0 Å². The molecule has 7 nitrogen and oxygen atoms in total. The quantitative estimate of drug-likeness (QED) is 0.837. The zero-order valence-corrected chi connectivity index (χ0v) is 12.9. The standard InChI is InChI=1S/C12H14N4O3S2/c1-21(18,19)16-12-15-14-11(20-12)13-10(17)8-7-9-5-3-2-4-6-9/h2-6H,7-8H2,1H3,(H,15,16)(H,13,14,17). The van der Waals surface area contributed by atoms with Gasteiger partial charge in [-0.1, -0.05) is 41.7 Å². The highest BCUT2D eigenvalue weighted by molar-refractivity contribution is 7.92. The number of nitrogens with zero attached hydrogens (tertiary/aromatic N) is 2. The second-order valence-electron chi connectivity index (χ2n) is 4.32. The van der Waals surface area contributed by atoms with Crippen LogP contribution in [0.2, 0.25) is 0 Å². The molecule has 0 saturated carbocycles. The summed E-state index contributed by atoms with van der Waals surface area (Å²) in [5, 5.41) is 10.3. The Kier molecular flexibility index (Phi) is 4.86. The summed E-state index contributed by atoms with van der Waals surface area (Å²) in [7, 11) is -3.39. The van der Waals surface area contributed by atoms with E-state index in [9.17, 15) is 13.2 Å².